The molecule has 0 fully saturated rings. The number of ether oxygens (including phenoxy) is 1. The molecule has 0 saturated carbocycles. The number of anilines is 1. The zero-order chi connectivity index (χ0) is 18.8. The van der Waals surface area contributed by atoms with Gasteiger partial charge in [0.15, 0.2) is 18.1 Å². The van der Waals surface area contributed by atoms with E-state index >= 15 is 0 Å². The molecule has 134 valence electrons. The number of fused-ring (bicyclic) bond motifs is 2. The largest absolute Gasteiger partial charge is 0.449 e. The summed E-state index contributed by atoms with van der Waals surface area (Å²) in [6.45, 7) is 1.53. The third-order valence-electron chi connectivity index (χ3n) is 4.27. The highest BCUT2D eigenvalue weighted by atomic mass is 16.5. The monoisotopic (exact) mass is 360 g/mol. The van der Waals surface area contributed by atoms with Crippen LogP contribution in [0, 0.1) is 0 Å². The number of rotatable bonds is 4. The molecule has 0 saturated heterocycles. The summed E-state index contributed by atoms with van der Waals surface area (Å²) < 4.78 is 10.5. The Morgan fingerprint density at radius 3 is 2.78 bits per heavy atom. The maximum atomic E-state index is 12.5. The number of nitrogens with zero attached hydrogens (tertiary/aromatic N) is 1. The first-order chi connectivity index (χ1) is 13.1. The minimum atomic E-state index is -0.957. The smallest absolute Gasteiger partial charge is 0.339 e. The van der Waals surface area contributed by atoms with Crippen LogP contribution in [-0.2, 0) is 9.53 Å². The Morgan fingerprint density at radius 2 is 1.89 bits per heavy atom. The summed E-state index contributed by atoms with van der Waals surface area (Å²) in [5, 5.41) is 4.76. The number of carbonyl (C=O) groups excluding carboxylic acids is 2. The number of carbonyl (C=O) groups is 2. The van der Waals surface area contributed by atoms with Crippen LogP contribution in [0.3, 0.4) is 0 Å². The van der Waals surface area contributed by atoms with Gasteiger partial charge in [0.05, 0.1) is 5.56 Å². The number of amides is 1. The van der Waals surface area contributed by atoms with Crippen LogP contribution in [0.15, 0.2) is 71.5 Å². The van der Waals surface area contributed by atoms with Gasteiger partial charge in [0.2, 0.25) is 0 Å². The van der Waals surface area contributed by atoms with E-state index in [4.69, 9.17) is 9.15 Å². The number of nitrogens with one attached hydrogen (secondary N) is 1. The predicted octanol–water partition coefficient (Wildman–Crippen LogP) is 4.17. The Morgan fingerprint density at radius 1 is 1.07 bits per heavy atom. The maximum Gasteiger partial charge on any atom is 0.339 e. The van der Waals surface area contributed by atoms with E-state index in [1.807, 2.05) is 42.5 Å². The number of oxazole rings is 1. The van der Waals surface area contributed by atoms with Gasteiger partial charge in [-0.15, -0.1) is 0 Å². The number of benzene rings is 3. The summed E-state index contributed by atoms with van der Waals surface area (Å²) in [4.78, 5) is 28.8. The average molecular weight is 360 g/mol. The Kier molecular flexibility index (Phi) is 4.30. The van der Waals surface area contributed by atoms with Gasteiger partial charge in [0.1, 0.15) is 5.52 Å². The summed E-state index contributed by atoms with van der Waals surface area (Å²) in [6, 6.07) is 18.2. The lowest BCUT2D eigenvalue weighted by molar-refractivity contribution is -0.123. The molecule has 1 aromatic heterocycles. The fourth-order valence-electron chi connectivity index (χ4n) is 2.83. The number of esters is 1. The van der Waals surface area contributed by atoms with Crippen molar-refractivity contribution in [3.63, 3.8) is 0 Å². The molecule has 27 heavy (non-hydrogen) atoms. The third-order valence-corrected chi connectivity index (χ3v) is 4.27. The molecule has 1 atom stereocenters. The average Bonchev–Trinajstić information content (AvgIpc) is 3.16. The fraction of sp³-hybridized carbons (Fsp3) is 0.0952. The van der Waals surface area contributed by atoms with Crippen molar-refractivity contribution in [3.05, 3.63) is 72.6 Å². The fourth-order valence-corrected chi connectivity index (χ4v) is 2.83. The van der Waals surface area contributed by atoms with Crippen molar-refractivity contribution in [3.8, 4) is 0 Å². The molecule has 1 N–H and O–H groups in total. The molecule has 1 unspecified atom stereocenters. The van der Waals surface area contributed by atoms with Gasteiger partial charge in [0, 0.05) is 11.1 Å². The standard InChI is InChI=1S/C21H16N2O4/c1-13(27-21(25)15-9-10-18-19(11-15)26-12-22-18)20(24)23-17-8-4-6-14-5-2-3-7-16(14)17/h2-13H,1H3,(H,23,24). The van der Waals surface area contributed by atoms with Gasteiger partial charge in [0.25, 0.3) is 5.91 Å². The Balaban J connectivity index is 1.47. The second-order valence-corrected chi connectivity index (χ2v) is 6.10. The van der Waals surface area contributed by atoms with Crippen LogP contribution >= 0.6 is 0 Å². The van der Waals surface area contributed by atoms with E-state index in [9.17, 15) is 9.59 Å². The first kappa shape index (κ1) is 16.8. The van der Waals surface area contributed by atoms with Gasteiger partial charge in [-0.1, -0.05) is 36.4 Å². The highest BCUT2D eigenvalue weighted by Gasteiger charge is 2.20. The third kappa shape index (κ3) is 3.37. The van der Waals surface area contributed by atoms with Crippen LogP contribution in [-0.4, -0.2) is 23.0 Å². The minimum absolute atomic E-state index is 0.295. The van der Waals surface area contributed by atoms with Crippen molar-refractivity contribution < 1.29 is 18.7 Å². The van der Waals surface area contributed by atoms with Crippen molar-refractivity contribution in [1.82, 2.24) is 4.98 Å². The van der Waals surface area contributed by atoms with Gasteiger partial charge in [-0.3, -0.25) is 4.79 Å². The van der Waals surface area contributed by atoms with Crippen molar-refractivity contribution in [1.29, 1.82) is 0 Å². The van der Waals surface area contributed by atoms with Crippen LogP contribution in [0.2, 0.25) is 0 Å². The number of hydrogen-bond acceptors (Lipinski definition) is 5. The van der Waals surface area contributed by atoms with Crippen LogP contribution in [0.1, 0.15) is 17.3 Å². The molecule has 4 rings (SSSR count). The first-order valence-corrected chi connectivity index (χ1v) is 8.45. The van der Waals surface area contributed by atoms with Crippen molar-refractivity contribution >= 4 is 39.4 Å². The molecular formula is C21H16N2O4. The van der Waals surface area contributed by atoms with Gasteiger partial charge >= 0.3 is 5.97 Å². The van der Waals surface area contributed by atoms with E-state index in [1.54, 1.807) is 18.2 Å². The molecular weight excluding hydrogens is 344 g/mol. The molecule has 1 heterocycles. The van der Waals surface area contributed by atoms with Gasteiger partial charge < -0.3 is 14.5 Å². The summed E-state index contributed by atoms with van der Waals surface area (Å²) in [5.74, 6) is -1.01. The summed E-state index contributed by atoms with van der Waals surface area (Å²) in [6.07, 6.45) is 0.349. The van der Waals surface area contributed by atoms with E-state index in [0.29, 0.717) is 22.4 Å². The highest BCUT2D eigenvalue weighted by molar-refractivity contribution is 6.04. The van der Waals surface area contributed by atoms with E-state index in [-0.39, 0.29) is 0 Å². The van der Waals surface area contributed by atoms with Crippen molar-refractivity contribution in [2.45, 2.75) is 13.0 Å². The minimum Gasteiger partial charge on any atom is -0.449 e. The molecule has 0 aliphatic carbocycles. The van der Waals surface area contributed by atoms with Gasteiger partial charge in [-0.25, -0.2) is 9.78 Å². The first-order valence-electron chi connectivity index (χ1n) is 8.45. The summed E-state index contributed by atoms with van der Waals surface area (Å²) in [7, 11) is 0. The van der Waals surface area contributed by atoms with Crippen molar-refractivity contribution in [2.24, 2.45) is 0 Å². The SMILES string of the molecule is CC(OC(=O)c1ccc2ncoc2c1)C(=O)Nc1cccc2ccccc12. The highest BCUT2D eigenvalue weighted by Crippen LogP contribution is 2.23. The lowest BCUT2D eigenvalue weighted by Gasteiger charge is -2.14. The van der Waals surface area contributed by atoms with Gasteiger partial charge in [-0.05, 0) is 36.6 Å². The lowest BCUT2D eigenvalue weighted by Crippen LogP contribution is -2.30. The summed E-state index contributed by atoms with van der Waals surface area (Å²) >= 11 is 0. The normalized spacial score (nSPS) is 12.0. The molecule has 0 spiro atoms. The molecule has 0 bridgehead atoms. The van der Waals surface area contributed by atoms with Gasteiger partial charge in [-0.2, -0.15) is 0 Å². The topological polar surface area (TPSA) is 81.4 Å². The van der Waals surface area contributed by atoms with E-state index in [1.165, 1.54) is 13.3 Å². The summed E-state index contributed by atoms with van der Waals surface area (Å²) in [5.41, 5.74) is 2.10. The maximum absolute atomic E-state index is 12.5. The van der Waals surface area contributed by atoms with Crippen LogP contribution in [0.5, 0.6) is 0 Å². The van der Waals surface area contributed by atoms with E-state index in [0.717, 1.165) is 10.8 Å². The molecule has 3 aromatic carbocycles. The van der Waals surface area contributed by atoms with E-state index < -0.39 is 18.0 Å². The predicted molar refractivity (Wildman–Crippen MR) is 101 cm³/mol. The molecule has 6 nitrogen and oxygen atoms in total. The number of hydrogen-bond donors (Lipinski definition) is 1. The second-order valence-electron chi connectivity index (χ2n) is 6.10. The molecule has 0 aliphatic rings. The molecule has 1 amide bonds. The molecule has 0 radical (unpaired) electrons. The Labute approximate surface area is 154 Å². The number of aromatic nitrogens is 1. The van der Waals surface area contributed by atoms with Crippen LogP contribution < -0.4 is 5.32 Å². The lowest BCUT2D eigenvalue weighted by atomic mass is 10.1. The zero-order valence-corrected chi connectivity index (χ0v) is 14.5. The van der Waals surface area contributed by atoms with E-state index in [2.05, 4.69) is 10.3 Å². The van der Waals surface area contributed by atoms with Crippen molar-refractivity contribution in [2.75, 3.05) is 5.32 Å². The molecule has 4 aromatic rings. The Bertz CT molecular complexity index is 1140. The second kappa shape index (κ2) is 6.92. The quantitative estimate of drug-likeness (QED) is 0.553. The van der Waals surface area contributed by atoms with Crippen LogP contribution in [0.25, 0.3) is 21.9 Å². The van der Waals surface area contributed by atoms with Crippen LogP contribution in [0.4, 0.5) is 5.69 Å². The Hall–Kier alpha value is -3.67. The molecule has 0 aliphatic heterocycles. The zero-order valence-electron chi connectivity index (χ0n) is 14.5. The molecule has 6 heteroatoms.